The van der Waals surface area contributed by atoms with Crippen LogP contribution in [-0.2, 0) is 11.0 Å². The summed E-state index contributed by atoms with van der Waals surface area (Å²) >= 11 is 0. The van der Waals surface area contributed by atoms with E-state index in [0.717, 1.165) is 6.07 Å². The molecular formula is C12H16F3N5O. The number of hydrogen-bond acceptors (Lipinski definition) is 5. The van der Waals surface area contributed by atoms with Crippen LogP contribution >= 0.6 is 0 Å². The van der Waals surface area contributed by atoms with Gasteiger partial charge in [0.05, 0.1) is 0 Å². The molecule has 6 nitrogen and oxygen atoms in total. The molecule has 1 aromatic heterocycles. The van der Waals surface area contributed by atoms with Crippen LogP contribution in [0, 0.1) is 0 Å². The average Bonchev–Trinajstić information content (AvgIpc) is 2.63. The highest BCUT2D eigenvalue weighted by Gasteiger charge is 2.34. The number of aromatic nitrogens is 2. The largest absolute Gasteiger partial charge is 0.433 e. The zero-order chi connectivity index (χ0) is 15.5. The monoisotopic (exact) mass is 303 g/mol. The van der Waals surface area contributed by atoms with E-state index >= 15 is 0 Å². The summed E-state index contributed by atoms with van der Waals surface area (Å²) in [5, 5.41) is 5.36. The van der Waals surface area contributed by atoms with Gasteiger partial charge in [-0.25, -0.2) is 4.98 Å². The van der Waals surface area contributed by atoms with Crippen molar-refractivity contribution in [3.8, 4) is 0 Å². The van der Waals surface area contributed by atoms with Crippen molar-refractivity contribution in [3.63, 3.8) is 0 Å². The first-order valence-corrected chi connectivity index (χ1v) is 6.62. The van der Waals surface area contributed by atoms with Crippen LogP contribution in [0.15, 0.2) is 6.07 Å². The highest BCUT2D eigenvalue weighted by atomic mass is 19.4. The Hall–Kier alpha value is -2.06. The summed E-state index contributed by atoms with van der Waals surface area (Å²) in [6.45, 7) is 3.27. The number of carbonyl (C=O) groups excluding carboxylic acids is 1. The van der Waals surface area contributed by atoms with Gasteiger partial charge in [-0.1, -0.05) is 0 Å². The van der Waals surface area contributed by atoms with E-state index < -0.39 is 11.9 Å². The van der Waals surface area contributed by atoms with Crippen molar-refractivity contribution >= 4 is 17.7 Å². The van der Waals surface area contributed by atoms with Crippen molar-refractivity contribution < 1.29 is 18.0 Å². The third-order valence-electron chi connectivity index (χ3n) is 2.97. The van der Waals surface area contributed by atoms with E-state index in [4.69, 9.17) is 0 Å². The van der Waals surface area contributed by atoms with Crippen LogP contribution in [0.1, 0.15) is 19.0 Å². The first kappa shape index (κ1) is 15.3. The molecule has 1 saturated heterocycles. The van der Waals surface area contributed by atoms with Crippen molar-refractivity contribution in [3.05, 3.63) is 11.8 Å². The molecule has 1 aliphatic heterocycles. The normalized spacial score (nSPS) is 16.4. The average molecular weight is 303 g/mol. The predicted octanol–water partition coefficient (Wildman–Crippen LogP) is 1.25. The van der Waals surface area contributed by atoms with Gasteiger partial charge in [-0.2, -0.15) is 18.2 Å². The van der Waals surface area contributed by atoms with Crippen molar-refractivity contribution in [2.45, 2.75) is 19.5 Å². The minimum Gasteiger partial charge on any atom is -0.354 e. The SMILES string of the molecule is CCNc1nc(N2CCNC(=O)CC2)cc(C(F)(F)F)n1. The fourth-order valence-corrected chi connectivity index (χ4v) is 1.97. The van der Waals surface area contributed by atoms with Gasteiger partial charge in [-0.3, -0.25) is 4.79 Å². The van der Waals surface area contributed by atoms with E-state index in [2.05, 4.69) is 20.6 Å². The molecule has 1 fully saturated rings. The summed E-state index contributed by atoms with van der Waals surface area (Å²) in [6, 6.07) is 0.913. The maximum atomic E-state index is 12.9. The molecule has 0 aromatic carbocycles. The van der Waals surface area contributed by atoms with Gasteiger partial charge < -0.3 is 15.5 Å². The standard InChI is InChI=1S/C12H16F3N5O/c1-2-16-11-18-8(12(13,14)15)7-9(19-11)20-5-3-10(21)17-4-6-20/h7H,2-6H2,1H3,(H,17,21)(H,16,18,19). The number of anilines is 2. The lowest BCUT2D eigenvalue weighted by molar-refractivity contribution is -0.141. The lowest BCUT2D eigenvalue weighted by Gasteiger charge is -2.22. The van der Waals surface area contributed by atoms with Crippen LogP contribution < -0.4 is 15.5 Å². The molecule has 0 bridgehead atoms. The van der Waals surface area contributed by atoms with Crippen LogP contribution in [0.3, 0.4) is 0 Å². The summed E-state index contributed by atoms with van der Waals surface area (Å²) < 4.78 is 38.7. The number of amides is 1. The van der Waals surface area contributed by atoms with E-state index in [1.54, 1.807) is 11.8 Å². The van der Waals surface area contributed by atoms with Gasteiger partial charge in [0.1, 0.15) is 5.82 Å². The Kier molecular flexibility index (Phi) is 4.49. The summed E-state index contributed by atoms with van der Waals surface area (Å²) in [7, 11) is 0. The van der Waals surface area contributed by atoms with E-state index in [1.807, 2.05) is 0 Å². The van der Waals surface area contributed by atoms with Gasteiger partial charge in [-0.05, 0) is 6.92 Å². The van der Waals surface area contributed by atoms with Crippen molar-refractivity contribution in [2.24, 2.45) is 0 Å². The summed E-state index contributed by atoms with van der Waals surface area (Å²) in [4.78, 5) is 20.5. The van der Waals surface area contributed by atoms with Gasteiger partial charge in [0, 0.05) is 38.7 Å². The number of carbonyl (C=O) groups is 1. The van der Waals surface area contributed by atoms with Gasteiger partial charge in [-0.15, -0.1) is 0 Å². The van der Waals surface area contributed by atoms with Gasteiger partial charge in [0.15, 0.2) is 5.69 Å². The van der Waals surface area contributed by atoms with Gasteiger partial charge in [0.25, 0.3) is 0 Å². The summed E-state index contributed by atoms with van der Waals surface area (Å²) in [6.07, 6.45) is -4.32. The number of nitrogens with zero attached hydrogens (tertiary/aromatic N) is 3. The number of alkyl halides is 3. The lowest BCUT2D eigenvalue weighted by Crippen LogP contribution is -2.29. The second-order valence-corrected chi connectivity index (χ2v) is 4.55. The Labute approximate surface area is 119 Å². The van der Waals surface area contributed by atoms with Crippen molar-refractivity contribution in [2.75, 3.05) is 36.4 Å². The lowest BCUT2D eigenvalue weighted by atomic mass is 10.3. The molecule has 0 aliphatic carbocycles. The Morgan fingerprint density at radius 1 is 1.38 bits per heavy atom. The molecule has 2 rings (SSSR count). The molecule has 116 valence electrons. The van der Waals surface area contributed by atoms with Crippen LogP contribution in [0.2, 0.25) is 0 Å². The van der Waals surface area contributed by atoms with Crippen LogP contribution in [0.4, 0.5) is 24.9 Å². The summed E-state index contributed by atoms with van der Waals surface area (Å²) in [5.41, 5.74) is -0.994. The minimum absolute atomic E-state index is 0.0640. The molecule has 21 heavy (non-hydrogen) atoms. The maximum Gasteiger partial charge on any atom is 0.433 e. The number of nitrogens with one attached hydrogen (secondary N) is 2. The molecule has 0 saturated carbocycles. The van der Waals surface area contributed by atoms with Crippen LogP contribution in [0.25, 0.3) is 0 Å². The molecule has 1 aliphatic rings. The van der Waals surface area contributed by atoms with Gasteiger partial charge >= 0.3 is 6.18 Å². The number of rotatable bonds is 3. The molecule has 2 N–H and O–H groups in total. The Bertz CT molecular complexity index is 520. The number of halogens is 3. The molecule has 0 unspecified atom stereocenters. The van der Waals surface area contributed by atoms with Crippen LogP contribution in [-0.4, -0.2) is 42.1 Å². The molecule has 0 radical (unpaired) electrons. The second kappa shape index (κ2) is 6.15. The fraction of sp³-hybridized carbons (Fsp3) is 0.583. The fourth-order valence-electron chi connectivity index (χ4n) is 1.97. The van der Waals surface area contributed by atoms with Crippen molar-refractivity contribution in [1.29, 1.82) is 0 Å². The van der Waals surface area contributed by atoms with E-state index in [0.29, 0.717) is 26.2 Å². The molecule has 1 amide bonds. The molecule has 0 spiro atoms. The molecule has 9 heteroatoms. The van der Waals surface area contributed by atoms with Crippen LogP contribution in [0.5, 0.6) is 0 Å². The van der Waals surface area contributed by atoms with E-state index in [1.165, 1.54) is 0 Å². The quantitative estimate of drug-likeness (QED) is 0.879. The second-order valence-electron chi connectivity index (χ2n) is 4.55. The van der Waals surface area contributed by atoms with Crippen molar-refractivity contribution in [1.82, 2.24) is 15.3 Å². The Morgan fingerprint density at radius 2 is 2.14 bits per heavy atom. The van der Waals surface area contributed by atoms with E-state index in [9.17, 15) is 18.0 Å². The minimum atomic E-state index is -4.54. The maximum absolute atomic E-state index is 12.9. The Morgan fingerprint density at radius 3 is 2.81 bits per heavy atom. The zero-order valence-corrected chi connectivity index (χ0v) is 11.5. The highest BCUT2D eigenvalue weighted by molar-refractivity contribution is 5.77. The smallest absolute Gasteiger partial charge is 0.354 e. The number of hydrogen-bond donors (Lipinski definition) is 2. The Balaban J connectivity index is 2.32. The molecule has 1 aromatic rings. The van der Waals surface area contributed by atoms with E-state index in [-0.39, 0.29) is 24.1 Å². The first-order valence-electron chi connectivity index (χ1n) is 6.62. The topological polar surface area (TPSA) is 70.2 Å². The molecule has 2 heterocycles. The third-order valence-corrected chi connectivity index (χ3v) is 2.97. The zero-order valence-electron chi connectivity index (χ0n) is 11.5. The predicted molar refractivity (Wildman–Crippen MR) is 71.0 cm³/mol. The molecule has 0 atom stereocenters. The third kappa shape index (κ3) is 3.96. The molecular weight excluding hydrogens is 287 g/mol. The van der Waals surface area contributed by atoms with Gasteiger partial charge in [0.2, 0.25) is 11.9 Å². The first-order chi connectivity index (χ1) is 9.90. The summed E-state index contributed by atoms with van der Waals surface area (Å²) in [5.74, 6) is -0.00913. The highest BCUT2D eigenvalue weighted by Crippen LogP contribution is 2.30.